The van der Waals surface area contributed by atoms with E-state index in [0.29, 0.717) is 14.2 Å². The van der Waals surface area contributed by atoms with Crippen molar-refractivity contribution < 1.29 is 9.90 Å². The van der Waals surface area contributed by atoms with Crippen molar-refractivity contribution in [2.45, 2.75) is 20.0 Å². The molecule has 1 amide bonds. The average molecular weight is 282 g/mol. The fourth-order valence-electron chi connectivity index (χ4n) is 1.02. The molecule has 0 bridgehead atoms. The van der Waals surface area contributed by atoms with E-state index in [2.05, 4.69) is 5.32 Å². The maximum atomic E-state index is 11.6. The molecule has 0 saturated carbocycles. The summed E-state index contributed by atoms with van der Waals surface area (Å²) in [5.74, 6) is -0.213. The first-order valence-electron chi connectivity index (χ1n) is 4.83. The second kappa shape index (κ2) is 5.87. The number of hydrogen-bond acceptors (Lipinski definition) is 3. The third kappa shape index (κ3) is 3.63. The Morgan fingerprint density at radius 2 is 2.19 bits per heavy atom. The zero-order valence-corrected chi connectivity index (χ0v) is 11.3. The summed E-state index contributed by atoms with van der Waals surface area (Å²) in [5, 5.41) is 12.1. The van der Waals surface area contributed by atoms with Gasteiger partial charge < -0.3 is 10.4 Å². The van der Waals surface area contributed by atoms with E-state index in [-0.39, 0.29) is 18.4 Å². The quantitative estimate of drug-likeness (QED) is 0.892. The molecular formula is C10H13Cl2NO2S. The highest BCUT2D eigenvalue weighted by Gasteiger charge is 2.16. The van der Waals surface area contributed by atoms with Crippen LogP contribution in [0, 0.1) is 5.92 Å². The Morgan fingerprint density at radius 1 is 1.56 bits per heavy atom. The van der Waals surface area contributed by atoms with Crippen molar-refractivity contribution in [3.63, 3.8) is 0 Å². The van der Waals surface area contributed by atoms with Crippen LogP contribution >= 0.6 is 34.5 Å². The lowest BCUT2D eigenvalue weighted by molar-refractivity contribution is 0.0872. The van der Waals surface area contributed by atoms with Crippen LogP contribution in [0.4, 0.5) is 0 Å². The minimum Gasteiger partial charge on any atom is -0.391 e. The molecule has 16 heavy (non-hydrogen) atoms. The lowest BCUT2D eigenvalue weighted by atomic mass is 10.1. The second-order valence-corrected chi connectivity index (χ2v) is 6.04. The number of aliphatic hydroxyl groups excluding tert-OH is 1. The van der Waals surface area contributed by atoms with Gasteiger partial charge in [-0.1, -0.05) is 37.0 Å². The summed E-state index contributed by atoms with van der Waals surface area (Å²) in [4.78, 5) is 11.6. The fourth-order valence-corrected chi connectivity index (χ4v) is 2.48. The number of carbonyl (C=O) groups is 1. The van der Waals surface area contributed by atoms with Gasteiger partial charge in [-0.3, -0.25) is 4.79 Å². The van der Waals surface area contributed by atoms with Gasteiger partial charge >= 0.3 is 0 Å². The number of rotatable bonds is 4. The molecule has 1 rings (SSSR count). The molecule has 3 nitrogen and oxygen atoms in total. The Balaban J connectivity index is 2.56. The van der Waals surface area contributed by atoms with E-state index in [1.165, 1.54) is 6.07 Å². The molecule has 0 saturated heterocycles. The molecule has 1 heterocycles. The van der Waals surface area contributed by atoms with Crippen LogP contribution in [-0.2, 0) is 0 Å². The minimum atomic E-state index is -0.558. The predicted molar refractivity (Wildman–Crippen MR) is 67.5 cm³/mol. The molecule has 90 valence electrons. The van der Waals surface area contributed by atoms with Gasteiger partial charge in [-0.05, 0) is 12.0 Å². The summed E-state index contributed by atoms with van der Waals surface area (Å²) >= 11 is 12.7. The highest BCUT2D eigenvalue weighted by Crippen LogP contribution is 2.30. The van der Waals surface area contributed by atoms with Crippen molar-refractivity contribution in [2.75, 3.05) is 6.54 Å². The van der Waals surface area contributed by atoms with Crippen molar-refractivity contribution >= 4 is 40.4 Å². The summed E-state index contributed by atoms with van der Waals surface area (Å²) in [6.45, 7) is 3.97. The smallest absolute Gasteiger partial charge is 0.253 e. The summed E-state index contributed by atoms with van der Waals surface area (Å²) in [6, 6.07) is 1.52. The Bertz CT molecular complexity index is 379. The van der Waals surface area contributed by atoms with Crippen LogP contribution in [0.3, 0.4) is 0 Å². The number of thiophene rings is 1. The van der Waals surface area contributed by atoms with Gasteiger partial charge in [0.1, 0.15) is 4.34 Å². The van der Waals surface area contributed by atoms with Gasteiger partial charge in [-0.15, -0.1) is 11.3 Å². The van der Waals surface area contributed by atoms with Crippen molar-refractivity contribution in [3.8, 4) is 0 Å². The van der Waals surface area contributed by atoms with Crippen LogP contribution in [0.2, 0.25) is 8.67 Å². The molecule has 1 unspecified atom stereocenters. The topological polar surface area (TPSA) is 49.3 Å². The number of hydrogen-bond donors (Lipinski definition) is 2. The number of amides is 1. The summed E-state index contributed by atoms with van der Waals surface area (Å²) < 4.78 is 0.834. The Hall–Kier alpha value is -0.290. The molecule has 6 heteroatoms. The standard InChI is InChI=1S/C10H13Cl2NO2S/c1-5(2)7(14)4-13-10(15)6-3-8(11)16-9(6)12/h3,5,7,14H,4H2,1-2H3,(H,13,15). The van der Waals surface area contributed by atoms with Gasteiger partial charge in [0.05, 0.1) is 16.0 Å². The van der Waals surface area contributed by atoms with E-state index in [9.17, 15) is 9.90 Å². The Kier molecular flexibility index (Phi) is 5.05. The third-order valence-corrected chi connectivity index (χ3v) is 3.63. The van der Waals surface area contributed by atoms with Crippen LogP contribution in [0.15, 0.2) is 6.07 Å². The SMILES string of the molecule is CC(C)C(O)CNC(=O)c1cc(Cl)sc1Cl. The van der Waals surface area contributed by atoms with Crippen LogP contribution in [0.5, 0.6) is 0 Å². The zero-order valence-electron chi connectivity index (χ0n) is 8.96. The Morgan fingerprint density at radius 3 is 2.62 bits per heavy atom. The average Bonchev–Trinajstić information content (AvgIpc) is 2.53. The summed E-state index contributed by atoms with van der Waals surface area (Å²) in [6.07, 6.45) is -0.558. The first-order valence-corrected chi connectivity index (χ1v) is 6.40. The largest absolute Gasteiger partial charge is 0.391 e. The van der Waals surface area contributed by atoms with E-state index >= 15 is 0 Å². The van der Waals surface area contributed by atoms with Gasteiger partial charge in [0.25, 0.3) is 5.91 Å². The van der Waals surface area contributed by atoms with Gasteiger partial charge in [-0.25, -0.2) is 0 Å². The van der Waals surface area contributed by atoms with E-state index in [0.717, 1.165) is 11.3 Å². The van der Waals surface area contributed by atoms with Gasteiger partial charge in [0.2, 0.25) is 0 Å². The molecular weight excluding hydrogens is 269 g/mol. The second-order valence-electron chi connectivity index (χ2n) is 3.76. The van der Waals surface area contributed by atoms with Crippen molar-refractivity contribution in [3.05, 3.63) is 20.3 Å². The first kappa shape index (κ1) is 13.8. The Labute approximate surface area is 108 Å². The molecule has 0 aliphatic carbocycles. The molecule has 1 atom stereocenters. The lowest BCUT2D eigenvalue weighted by Gasteiger charge is -2.14. The maximum Gasteiger partial charge on any atom is 0.253 e. The fraction of sp³-hybridized carbons (Fsp3) is 0.500. The molecule has 0 aliphatic rings. The number of aliphatic hydroxyl groups is 1. The van der Waals surface area contributed by atoms with E-state index in [4.69, 9.17) is 23.2 Å². The van der Waals surface area contributed by atoms with E-state index in [1.807, 2.05) is 13.8 Å². The van der Waals surface area contributed by atoms with Crippen LogP contribution in [0.25, 0.3) is 0 Å². The molecule has 0 spiro atoms. The highest BCUT2D eigenvalue weighted by atomic mass is 35.5. The van der Waals surface area contributed by atoms with Crippen molar-refractivity contribution in [1.29, 1.82) is 0 Å². The monoisotopic (exact) mass is 281 g/mol. The molecule has 0 fully saturated rings. The van der Waals surface area contributed by atoms with E-state index < -0.39 is 6.10 Å². The third-order valence-electron chi connectivity index (χ3n) is 2.14. The highest BCUT2D eigenvalue weighted by molar-refractivity contribution is 7.20. The van der Waals surface area contributed by atoms with Crippen LogP contribution < -0.4 is 5.32 Å². The molecule has 0 radical (unpaired) electrons. The normalized spacial score (nSPS) is 12.9. The number of carbonyl (C=O) groups excluding carboxylic acids is 1. The van der Waals surface area contributed by atoms with Gasteiger partial charge in [0.15, 0.2) is 0 Å². The lowest BCUT2D eigenvalue weighted by Crippen LogP contribution is -2.34. The van der Waals surface area contributed by atoms with Crippen LogP contribution in [0.1, 0.15) is 24.2 Å². The van der Waals surface area contributed by atoms with Crippen molar-refractivity contribution in [2.24, 2.45) is 5.92 Å². The van der Waals surface area contributed by atoms with Gasteiger partial charge in [-0.2, -0.15) is 0 Å². The van der Waals surface area contributed by atoms with Crippen LogP contribution in [-0.4, -0.2) is 23.7 Å². The zero-order chi connectivity index (χ0) is 12.3. The summed E-state index contributed by atoms with van der Waals surface area (Å²) in [5.41, 5.74) is 0.354. The number of halogens is 2. The predicted octanol–water partition coefficient (Wildman–Crippen LogP) is 2.80. The summed E-state index contributed by atoms with van der Waals surface area (Å²) in [7, 11) is 0. The number of nitrogens with one attached hydrogen (secondary N) is 1. The molecule has 0 aliphatic heterocycles. The molecule has 0 aromatic carbocycles. The minimum absolute atomic E-state index is 0.0989. The first-order chi connectivity index (χ1) is 7.41. The van der Waals surface area contributed by atoms with Gasteiger partial charge in [0, 0.05) is 6.54 Å². The molecule has 1 aromatic heterocycles. The van der Waals surface area contributed by atoms with E-state index in [1.54, 1.807) is 0 Å². The maximum absolute atomic E-state index is 11.6. The van der Waals surface area contributed by atoms with Crippen molar-refractivity contribution in [1.82, 2.24) is 5.32 Å². The molecule has 2 N–H and O–H groups in total. The molecule has 1 aromatic rings.